The molecule has 2 aliphatic rings. The lowest BCUT2D eigenvalue weighted by molar-refractivity contribution is 0.794. The van der Waals surface area contributed by atoms with Crippen LogP contribution in [0.1, 0.15) is 22.3 Å². The van der Waals surface area contributed by atoms with Crippen molar-refractivity contribution in [3.8, 4) is 44.5 Å². The van der Waals surface area contributed by atoms with Crippen molar-refractivity contribution >= 4 is 27.5 Å². The number of fused-ring (bicyclic) bond motifs is 13. The Morgan fingerprint density at radius 1 is 0.447 bits per heavy atom. The van der Waals surface area contributed by atoms with Crippen molar-refractivity contribution in [3.63, 3.8) is 0 Å². The number of rotatable bonds is 2. The van der Waals surface area contributed by atoms with E-state index in [1.54, 1.807) is 0 Å². The molecule has 0 N–H and O–H groups in total. The first-order valence-electron chi connectivity index (χ1n) is 15.8. The molecule has 2 aromatic heterocycles. The Morgan fingerprint density at radius 3 is 1.70 bits per heavy atom. The van der Waals surface area contributed by atoms with E-state index in [2.05, 4.69) is 131 Å². The minimum atomic E-state index is -0.468. The summed E-state index contributed by atoms with van der Waals surface area (Å²) in [6.45, 7) is 7.41. The predicted molar refractivity (Wildman–Crippen MR) is 190 cm³/mol. The van der Waals surface area contributed by atoms with Crippen LogP contribution >= 0.6 is 0 Å². The zero-order chi connectivity index (χ0) is 31.1. The van der Waals surface area contributed by atoms with Gasteiger partial charge >= 0.3 is 0 Å². The molecule has 0 bridgehead atoms. The van der Waals surface area contributed by atoms with E-state index in [0.29, 0.717) is 5.69 Å². The molecule has 0 fully saturated rings. The SMILES string of the molecule is [C-]#[N+]c1ccc(-c2ccc3c(c2)C2(c4ccccc4-c4ccccc42)c2cc(-c4cnc5c(ccc6cccnc65)c4)ccc2-3)cc1. The molecule has 10 rings (SSSR count). The second-order valence-corrected chi connectivity index (χ2v) is 12.5. The maximum Gasteiger partial charge on any atom is 0.187 e. The van der Waals surface area contributed by atoms with Crippen LogP contribution in [0.4, 0.5) is 5.69 Å². The van der Waals surface area contributed by atoms with Crippen LogP contribution < -0.4 is 0 Å². The Hall–Kier alpha value is -6.37. The summed E-state index contributed by atoms with van der Waals surface area (Å²) in [4.78, 5) is 13.2. The first-order valence-corrected chi connectivity index (χ1v) is 15.8. The van der Waals surface area contributed by atoms with Crippen molar-refractivity contribution in [1.29, 1.82) is 0 Å². The highest BCUT2D eigenvalue weighted by atomic mass is 14.7. The molecule has 2 heterocycles. The average molecular weight is 596 g/mol. The zero-order valence-corrected chi connectivity index (χ0v) is 25.3. The summed E-state index contributed by atoms with van der Waals surface area (Å²) in [6.07, 6.45) is 3.83. The van der Waals surface area contributed by atoms with Gasteiger partial charge in [-0.05, 0) is 85.5 Å². The lowest BCUT2D eigenvalue weighted by atomic mass is 9.70. The minimum absolute atomic E-state index is 0.468. The average Bonchev–Trinajstić information content (AvgIpc) is 3.61. The Balaban J connectivity index is 1.23. The lowest BCUT2D eigenvalue weighted by Crippen LogP contribution is -2.26. The maximum atomic E-state index is 7.41. The van der Waals surface area contributed by atoms with Gasteiger partial charge in [-0.2, -0.15) is 0 Å². The van der Waals surface area contributed by atoms with Crippen LogP contribution in [0.25, 0.3) is 71.2 Å². The molecule has 2 aliphatic carbocycles. The Kier molecular flexibility index (Phi) is 5.27. The molecule has 3 nitrogen and oxygen atoms in total. The van der Waals surface area contributed by atoms with E-state index in [9.17, 15) is 0 Å². The van der Waals surface area contributed by atoms with Crippen molar-refractivity contribution in [2.24, 2.45) is 0 Å². The van der Waals surface area contributed by atoms with E-state index in [1.807, 2.05) is 30.6 Å². The third-order valence-electron chi connectivity index (χ3n) is 10.2. The number of aromatic nitrogens is 2. The standard InChI is InChI=1S/C44H25N3/c1-45-33-18-14-27(15-19-33)29-16-20-36-37-21-17-30(32-23-31-13-12-28-7-6-22-46-42(28)43(31)47-26-32)25-41(37)44(40(36)24-29)38-10-4-2-8-34(38)35-9-3-5-11-39(35)44/h2-26H. The van der Waals surface area contributed by atoms with Crippen LogP contribution in [0.3, 0.4) is 0 Å². The quantitative estimate of drug-likeness (QED) is 0.147. The van der Waals surface area contributed by atoms with Crippen LogP contribution in [0.2, 0.25) is 0 Å². The van der Waals surface area contributed by atoms with Gasteiger partial charge in [-0.3, -0.25) is 9.97 Å². The fourth-order valence-electron chi connectivity index (χ4n) is 8.12. The summed E-state index contributed by atoms with van der Waals surface area (Å²) in [6, 6.07) is 50.2. The van der Waals surface area contributed by atoms with Gasteiger partial charge in [0, 0.05) is 28.7 Å². The van der Waals surface area contributed by atoms with Crippen molar-refractivity contribution in [3.05, 3.63) is 186 Å². The molecule has 216 valence electrons. The Morgan fingerprint density at radius 2 is 1.02 bits per heavy atom. The van der Waals surface area contributed by atoms with E-state index in [4.69, 9.17) is 11.6 Å². The topological polar surface area (TPSA) is 30.1 Å². The van der Waals surface area contributed by atoms with E-state index in [1.165, 1.54) is 44.5 Å². The Labute approximate surface area is 272 Å². The second-order valence-electron chi connectivity index (χ2n) is 12.5. The van der Waals surface area contributed by atoms with Gasteiger partial charge in [-0.1, -0.05) is 115 Å². The molecule has 0 unspecified atom stereocenters. The molecule has 8 aromatic rings. The van der Waals surface area contributed by atoms with Gasteiger partial charge in [-0.15, -0.1) is 0 Å². The highest BCUT2D eigenvalue weighted by Crippen LogP contribution is 2.63. The summed E-state index contributed by atoms with van der Waals surface area (Å²) in [5, 5.41) is 2.18. The highest BCUT2D eigenvalue weighted by molar-refractivity contribution is 6.04. The molecule has 0 saturated heterocycles. The zero-order valence-electron chi connectivity index (χ0n) is 25.3. The number of hydrogen-bond donors (Lipinski definition) is 0. The normalized spacial score (nSPS) is 13.3. The smallest absolute Gasteiger partial charge is 0.187 e. The molecule has 1 spiro atoms. The molecule has 0 radical (unpaired) electrons. The number of benzene rings is 6. The van der Waals surface area contributed by atoms with Gasteiger partial charge in [0.2, 0.25) is 0 Å². The van der Waals surface area contributed by atoms with E-state index in [0.717, 1.165) is 44.1 Å². The predicted octanol–water partition coefficient (Wildman–Crippen LogP) is 11.0. The number of hydrogen-bond acceptors (Lipinski definition) is 2. The van der Waals surface area contributed by atoms with Crippen molar-refractivity contribution in [2.75, 3.05) is 0 Å². The van der Waals surface area contributed by atoms with Gasteiger partial charge in [0.15, 0.2) is 5.69 Å². The Bertz CT molecular complexity index is 2600. The van der Waals surface area contributed by atoms with Gasteiger partial charge in [0.1, 0.15) is 0 Å². The molecule has 0 amide bonds. The summed E-state index contributed by atoms with van der Waals surface area (Å²) in [5.74, 6) is 0. The summed E-state index contributed by atoms with van der Waals surface area (Å²) in [7, 11) is 0. The van der Waals surface area contributed by atoms with Gasteiger partial charge in [0.05, 0.1) is 23.0 Å². The number of nitrogens with zero attached hydrogens (tertiary/aromatic N) is 3. The van der Waals surface area contributed by atoms with Crippen molar-refractivity contribution < 1.29 is 0 Å². The monoisotopic (exact) mass is 595 g/mol. The molecule has 0 atom stereocenters. The third kappa shape index (κ3) is 3.50. The highest BCUT2D eigenvalue weighted by Gasteiger charge is 2.51. The molecule has 47 heavy (non-hydrogen) atoms. The van der Waals surface area contributed by atoms with Crippen molar-refractivity contribution in [2.45, 2.75) is 5.41 Å². The maximum absolute atomic E-state index is 7.41. The van der Waals surface area contributed by atoms with E-state index in [-0.39, 0.29) is 0 Å². The summed E-state index contributed by atoms with van der Waals surface area (Å²) < 4.78 is 0. The second kappa shape index (κ2) is 9.57. The van der Waals surface area contributed by atoms with E-state index < -0.39 is 5.41 Å². The van der Waals surface area contributed by atoms with Crippen LogP contribution in [0, 0.1) is 6.57 Å². The summed E-state index contributed by atoms with van der Waals surface area (Å²) in [5.41, 5.74) is 16.8. The lowest BCUT2D eigenvalue weighted by Gasteiger charge is -2.31. The fraction of sp³-hybridized carbons (Fsp3) is 0.0227. The van der Waals surface area contributed by atoms with Crippen LogP contribution in [-0.4, -0.2) is 9.97 Å². The van der Waals surface area contributed by atoms with Crippen LogP contribution in [0.5, 0.6) is 0 Å². The van der Waals surface area contributed by atoms with Crippen molar-refractivity contribution in [1.82, 2.24) is 9.97 Å². The first kappa shape index (κ1) is 25.9. The number of pyridine rings is 2. The van der Waals surface area contributed by atoms with Gasteiger partial charge in [-0.25, -0.2) is 4.85 Å². The molecule has 6 aromatic carbocycles. The largest absolute Gasteiger partial charge is 0.254 e. The molecule has 3 heteroatoms. The molecular formula is C44H25N3. The molecular weight excluding hydrogens is 571 g/mol. The first-order chi connectivity index (χ1) is 23.2. The van der Waals surface area contributed by atoms with Gasteiger partial charge in [0.25, 0.3) is 0 Å². The van der Waals surface area contributed by atoms with Crippen LogP contribution in [0.15, 0.2) is 152 Å². The van der Waals surface area contributed by atoms with Gasteiger partial charge < -0.3 is 0 Å². The van der Waals surface area contributed by atoms with Crippen LogP contribution in [-0.2, 0) is 5.41 Å². The third-order valence-corrected chi connectivity index (χ3v) is 10.2. The molecule has 0 saturated carbocycles. The van der Waals surface area contributed by atoms with E-state index >= 15 is 0 Å². The fourth-order valence-corrected chi connectivity index (χ4v) is 8.12. The summed E-state index contributed by atoms with van der Waals surface area (Å²) >= 11 is 0. The molecule has 0 aliphatic heterocycles. The minimum Gasteiger partial charge on any atom is -0.254 e.